The number of nitrogens with zero attached hydrogens (tertiary/aromatic N) is 1. The van der Waals surface area contributed by atoms with Crippen molar-refractivity contribution in [2.45, 2.75) is 11.4 Å². The molecule has 1 N–H and O–H groups in total. The monoisotopic (exact) mass is 415 g/mol. The normalized spacial score (nSPS) is 11.4. The average molecular weight is 416 g/mol. The zero-order valence-electron chi connectivity index (χ0n) is 12.4. The Morgan fingerprint density at radius 3 is 2.58 bits per heavy atom. The number of halogens is 4. The van der Waals surface area contributed by atoms with Gasteiger partial charge in [-0.15, -0.1) is 11.8 Å². The van der Waals surface area contributed by atoms with E-state index in [2.05, 4.69) is 15.9 Å². The SMILES string of the molecule is OCCSc1cn(Cc2ccc(Br)cc2F)c2cc(F)cc(F)c12. The molecule has 1 heterocycles. The van der Waals surface area contributed by atoms with Crippen LogP contribution < -0.4 is 0 Å². The Balaban J connectivity index is 2.09. The van der Waals surface area contributed by atoms with E-state index in [0.29, 0.717) is 26.2 Å². The van der Waals surface area contributed by atoms with Gasteiger partial charge in [0.2, 0.25) is 0 Å². The van der Waals surface area contributed by atoms with Crippen LogP contribution >= 0.6 is 27.7 Å². The smallest absolute Gasteiger partial charge is 0.136 e. The fourth-order valence-electron chi connectivity index (χ4n) is 2.54. The summed E-state index contributed by atoms with van der Waals surface area (Å²) in [6.07, 6.45) is 1.66. The van der Waals surface area contributed by atoms with Crippen LogP contribution in [0.4, 0.5) is 13.2 Å². The van der Waals surface area contributed by atoms with Crippen LogP contribution in [0.3, 0.4) is 0 Å². The molecule has 3 aromatic rings. The average Bonchev–Trinajstić information content (AvgIpc) is 2.86. The van der Waals surface area contributed by atoms with Crippen LogP contribution in [0.15, 0.2) is 45.9 Å². The van der Waals surface area contributed by atoms with Crippen LogP contribution in [-0.2, 0) is 6.54 Å². The van der Waals surface area contributed by atoms with Gasteiger partial charge in [-0.3, -0.25) is 0 Å². The van der Waals surface area contributed by atoms with Gasteiger partial charge in [-0.25, -0.2) is 13.2 Å². The van der Waals surface area contributed by atoms with Gasteiger partial charge in [0, 0.05) is 38.3 Å². The zero-order valence-corrected chi connectivity index (χ0v) is 14.8. The van der Waals surface area contributed by atoms with Crippen molar-refractivity contribution in [1.82, 2.24) is 4.57 Å². The molecule has 2 aromatic carbocycles. The van der Waals surface area contributed by atoms with Crippen molar-refractivity contribution in [1.29, 1.82) is 0 Å². The number of hydrogen-bond donors (Lipinski definition) is 1. The lowest BCUT2D eigenvalue weighted by Gasteiger charge is -2.07. The Bertz CT molecular complexity index is 897. The topological polar surface area (TPSA) is 25.2 Å². The number of rotatable bonds is 5. The number of fused-ring (bicyclic) bond motifs is 1. The summed E-state index contributed by atoms with van der Waals surface area (Å²) in [4.78, 5) is 0.592. The lowest BCUT2D eigenvalue weighted by molar-refractivity contribution is 0.322. The van der Waals surface area contributed by atoms with Gasteiger partial charge in [-0.05, 0) is 18.2 Å². The number of aromatic nitrogens is 1. The second-order valence-corrected chi connectivity index (χ2v) is 7.26. The van der Waals surface area contributed by atoms with Crippen molar-refractivity contribution in [2.75, 3.05) is 12.4 Å². The van der Waals surface area contributed by atoms with Gasteiger partial charge in [-0.1, -0.05) is 22.0 Å². The molecule has 0 saturated heterocycles. The number of thioether (sulfide) groups is 1. The Labute approximate surface area is 149 Å². The van der Waals surface area contributed by atoms with E-state index in [1.807, 2.05) is 0 Å². The summed E-state index contributed by atoms with van der Waals surface area (Å²) in [6.45, 7) is 0.0969. The Hall–Kier alpha value is -1.44. The Kier molecular flexibility index (Phi) is 5.22. The first-order chi connectivity index (χ1) is 11.5. The summed E-state index contributed by atoms with van der Waals surface area (Å²) in [5, 5.41) is 9.27. The first-order valence-electron chi connectivity index (χ1n) is 7.15. The van der Waals surface area contributed by atoms with Crippen LogP contribution in [0.5, 0.6) is 0 Å². The lowest BCUT2D eigenvalue weighted by Crippen LogP contribution is -2.01. The van der Waals surface area contributed by atoms with E-state index in [0.717, 1.165) is 6.07 Å². The van der Waals surface area contributed by atoms with Gasteiger partial charge in [0.05, 0.1) is 18.7 Å². The second kappa shape index (κ2) is 7.21. The highest BCUT2D eigenvalue weighted by Crippen LogP contribution is 2.33. The molecule has 0 spiro atoms. The Morgan fingerprint density at radius 2 is 1.88 bits per heavy atom. The van der Waals surface area contributed by atoms with Gasteiger partial charge in [0.25, 0.3) is 0 Å². The van der Waals surface area contributed by atoms with Gasteiger partial charge >= 0.3 is 0 Å². The fourth-order valence-corrected chi connectivity index (χ4v) is 3.73. The molecule has 0 unspecified atom stereocenters. The number of aliphatic hydroxyl groups excluding tert-OH is 1. The van der Waals surface area contributed by atoms with E-state index in [-0.39, 0.29) is 18.5 Å². The van der Waals surface area contributed by atoms with Crippen LogP contribution in [-0.4, -0.2) is 22.0 Å². The van der Waals surface area contributed by atoms with Crippen LogP contribution in [0.1, 0.15) is 5.56 Å². The molecule has 1 aromatic heterocycles. The summed E-state index contributed by atoms with van der Waals surface area (Å²) in [5.74, 6) is -1.36. The highest BCUT2D eigenvalue weighted by Gasteiger charge is 2.16. The summed E-state index contributed by atoms with van der Waals surface area (Å²) in [7, 11) is 0. The molecular weight excluding hydrogens is 403 g/mol. The third kappa shape index (κ3) is 3.48. The quantitative estimate of drug-likeness (QED) is 0.596. The van der Waals surface area contributed by atoms with Crippen molar-refractivity contribution in [2.24, 2.45) is 0 Å². The first-order valence-corrected chi connectivity index (χ1v) is 8.93. The molecular formula is C17H13BrF3NOS. The summed E-state index contributed by atoms with van der Waals surface area (Å²) >= 11 is 4.47. The van der Waals surface area contributed by atoms with Crippen molar-refractivity contribution in [3.05, 3.63) is 64.0 Å². The van der Waals surface area contributed by atoms with Gasteiger partial charge in [0.1, 0.15) is 17.5 Å². The minimum absolute atomic E-state index is 0.0541. The molecule has 0 fully saturated rings. The van der Waals surface area contributed by atoms with Gasteiger partial charge in [0.15, 0.2) is 0 Å². The second-order valence-electron chi connectivity index (χ2n) is 5.21. The van der Waals surface area contributed by atoms with E-state index in [1.54, 1.807) is 22.9 Å². The fraction of sp³-hybridized carbons (Fsp3) is 0.176. The molecule has 3 rings (SSSR count). The molecule has 0 amide bonds. The summed E-state index contributed by atoms with van der Waals surface area (Å²) in [5.41, 5.74) is 0.772. The van der Waals surface area contributed by atoms with E-state index < -0.39 is 17.5 Å². The minimum Gasteiger partial charge on any atom is -0.396 e. The highest BCUT2D eigenvalue weighted by atomic mass is 79.9. The van der Waals surface area contributed by atoms with Gasteiger partial charge in [-0.2, -0.15) is 0 Å². The standard InChI is InChI=1S/C17H13BrF3NOS/c18-11-2-1-10(13(20)5-11)8-22-9-16(24-4-3-23)17-14(21)6-12(19)7-15(17)22/h1-2,5-7,9,23H,3-4,8H2. The van der Waals surface area contributed by atoms with Gasteiger partial charge < -0.3 is 9.67 Å². The molecule has 2 nitrogen and oxygen atoms in total. The summed E-state index contributed by atoms with van der Waals surface area (Å²) < 4.78 is 44.2. The number of hydrogen-bond acceptors (Lipinski definition) is 2. The summed E-state index contributed by atoms with van der Waals surface area (Å²) in [6, 6.07) is 6.76. The molecule has 126 valence electrons. The molecule has 0 radical (unpaired) electrons. The molecule has 0 aliphatic heterocycles. The minimum atomic E-state index is -0.686. The largest absolute Gasteiger partial charge is 0.396 e. The lowest BCUT2D eigenvalue weighted by atomic mass is 10.2. The third-order valence-corrected chi connectivity index (χ3v) is 5.07. The van der Waals surface area contributed by atoms with Crippen LogP contribution in [0.25, 0.3) is 10.9 Å². The first kappa shape index (κ1) is 17.4. The van der Waals surface area contributed by atoms with Crippen LogP contribution in [0.2, 0.25) is 0 Å². The molecule has 24 heavy (non-hydrogen) atoms. The maximum absolute atomic E-state index is 14.2. The Morgan fingerprint density at radius 1 is 1.08 bits per heavy atom. The van der Waals surface area contributed by atoms with Crippen molar-refractivity contribution >= 4 is 38.6 Å². The number of benzene rings is 2. The van der Waals surface area contributed by atoms with E-state index >= 15 is 0 Å². The predicted molar refractivity (Wildman–Crippen MR) is 92.9 cm³/mol. The molecule has 0 saturated carbocycles. The predicted octanol–water partition coefficient (Wildman–Crippen LogP) is 4.95. The van der Waals surface area contributed by atoms with E-state index in [4.69, 9.17) is 5.11 Å². The molecule has 0 aliphatic carbocycles. The van der Waals surface area contributed by atoms with Crippen molar-refractivity contribution in [3.63, 3.8) is 0 Å². The number of aliphatic hydroxyl groups is 1. The maximum Gasteiger partial charge on any atom is 0.136 e. The molecule has 0 aliphatic rings. The van der Waals surface area contributed by atoms with E-state index in [9.17, 15) is 13.2 Å². The van der Waals surface area contributed by atoms with Crippen molar-refractivity contribution < 1.29 is 18.3 Å². The third-order valence-electron chi connectivity index (χ3n) is 3.57. The molecule has 0 bridgehead atoms. The van der Waals surface area contributed by atoms with Crippen molar-refractivity contribution in [3.8, 4) is 0 Å². The molecule has 7 heteroatoms. The molecule has 0 atom stereocenters. The highest BCUT2D eigenvalue weighted by molar-refractivity contribution is 9.10. The zero-order chi connectivity index (χ0) is 17.3. The van der Waals surface area contributed by atoms with Crippen LogP contribution in [0, 0.1) is 17.5 Å². The maximum atomic E-state index is 14.2. The van der Waals surface area contributed by atoms with E-state index in [1.165, 1.54) is 23.9 Å².